The highest BCUT2D eigenvalue weighted by atomic mass is 16.7. The molecule has 0 aromatic heterocycles. The van der Waals surface area contributed by atoms with Crippen molar-refractivity contribution in [3.05, 3.63) is 29.3 Å². The van der Waals surface area contributed by atoms with Crippen molar-refractivity contribution in [1.82, 2.24) is 10.8 Å². The van der Waals surface area contributed by atoms with E-state index < -0.39 is 0 Å². The van der Waals surface area contributed by atoms with Crippen molar-refractivity contribution in [2.75, 3.05) is 6.54 Å². The molecule has 2 aliphatic heterocycles. The molecule has 1 aromatic carbocycles. The number of nitrogens with one attached hydrogen (secondary N) is 2. The van der Waals surface area contributed by atoms with Gasteiger partial charge in [0.25, 0.3) is 0 Å². The molecule has 0 saturated heterocycles. The Hall–Kier alpha value is -1.06. The third-order valence-corrected chi connectivity index (χ3v) is 2.48. The molecule has 0 bridgehead atoms. The van der Waals surface area contributed by atoms with E-state index >= 15 is 0 Å². The zero-order valence-electron chi connectivity index (χ0n) is 6.63. The SMILES string of the molecule is c1cc2c3c(c1)ONC3CNC2. The molecule has 0 aliphatic carbocycles. The van der Waals surface area contributed by atoms with Gasteiger partial charge >= 0.3 is 0 Å². The van der Waals surface area contributed by atoms with Crippen LogP contribution in [-0.4, -0.2) is 6.54 Å². The van der Waals surface area contributed by atoms with Gasteiger partial charge in [0.2, 0.25) is 0 Å². The Bertz CT molecular complexity index is 324. The first kappa shape index (κ1) is 6.46. The predicted molar refractivity (Wildman–Crippen MR) is 44.7 cm³/mol. The highest BCUT2D eigenvalue weighted by molar-refractivity contribution is 5.45. The van der Waals surface area contributed by atoms with Crippen LogP contribution in [-0.2, 0) is 6.54 Å². The normalized spacial score (nSPS) is 24.8. The molecule has 0 amide bonds. The fraction of sp³-hybridized carbons (Fsp3) is 0.333. The monoisotopic (exact) mass is 162 g/mol. The highest BCUT2D eigenvalue weighted by Gasteiger charge is 2.28. The average molecular weight is 162 g/mol. The smallest absolute Gasteiger partial charge is 0.152 e. The first-order valence-electron chi connectivity index (χ1n) is 4.20. The maximum atomic E-state index is 5.33. The first-order valence-corrected chi connectivity index (χ1v) is 4.20. The largest absolute Gasteiger partial charge is 0.408 e. The number of benzene rings is 1. The van der Waals surface area contributed by atoms with Crippen molar-refractivity contribution in [1.29, 1.82) is 0 Å². The van der Waals surface area contributed by atoms with Crippen LogP contribution in [0, 0.1) is 0 Å². The van der Waals surface area contributed by atoms with Crippen LogP contribution in [0.5, 0.6) is 5.75 Å². The summed E-state index contributed by atoms with van der Waals surface area (Å²) in [5.74, 6) is 0.999. The van der Waals surface area contributed by atoms with Crippen LogP contribution in [0.1, 0.15) is 17.2 Å². The second-order valence-electron chi connectivity index (χ2n) is 3.23. The highest BCUT2D eigenvalue weighted by Crippen LogP contribution is 2.35. The third kappa shape index (κ3) is 0.722. The van der Waals surface area contributed by atoms with Gasteiger partial charge in [0, 0.05) is 18.7 Å². The quantitative estimate of drug-likeness (QED) is 0.590. The van der Waals surface area contributed by atoms with Crippen LogP contribution in [0.3, 0.4) is 0 Å². The molecule has 1 atom stereocenters. The minimum absolute atomic E-state index is 0.352. The molecule has 62 valence electrons. The lowest BCUT2D eigenvalue weighted by Gasteiger charge is -2.19. The van der Waals surface area contributed by atoms with E-state index in [4.69, 9.17) is 4.84 Å². The Balaban J connectivity index is 2.23. The van der Waals surface area contributed by atoms with Crippen molar-refractivity contribution >= 4 is 0 Å². The molecule has 2 heterocycles. The molecule has 3 heteroatoms. The Labute approximate surface area is 70.7 Å². The maximum Gasteiger partial charge on any atom is 0.152 e. The van der Waals surface area contributed by atoms with Gasteiger partial charge in [-0.25, -0.2) is 0 Å². The predicted octanol–water partition coefficient (Wildman–Crippen LogP) is 0.728. The standard InChI is InChI=1S/C9H10N2O/c1-2-6-4-10-5-7-9(6)8(3-1)12-11-7/h1-3,7,10-11H,4-5H2. The molecular formula is C9H10N2O. The summed E-state index contributed by atoms with van der Waals surface area (Å²) < 4.78 is 0. The molecule has 3 rings (SSSR count). The lowest BCUT2D eigenvalue weighted by atomic mass is 9.97. The fourth-order valence-electron chi connectivity index (χ4n) is 1.92. The molecule has 0 spiro atoms. The number of hydrogen-bond donors (Lipinski definition) is 2. The molecule has 1 unspecified atom stereocenters. The molecule has 0 fully saturated rings. The van der Waals surface area contributed by atoms with E-state index in [9.17, 15) is 0 Å². The topological polar surface area (TPSA) is 33.3 Å². The summed E-state index contributed by atoms with van der Waals surface area (Å²) in [6.07, 6.45) is 0. The second-order valence-corrected chi connectivity index (χ2v) is 3.23. The molecule has 3 nitrogen and oxygen atoms in total. The van der Waals surface area contributed by atoms with E-state index in [1.807, 2.05) is 12.1 Å². The van der Waals surface area contributed by atoms with Crippen molar-refractivity contribution < 1.29 is 4.84 Å². The summed E-state index contributed by atoms with van der Waals surface area (Å²) in [6.45, 7) is 1.93. The van der Waals surface area contributed by atoms with Gasteiger partial charge in [-0.3, -0.25) is 0 Å². The summed E-state index contributed by atoms with van der Waals surface area (Å²) in [4.78, 5) is 5.33. The number of rotatable bonds is 0. The molecular weight excluding hydrogens is 152 g/mol. The summed E-state index contributed by atoms with van der Waals surface area (Å²) in [5.41, 5.74) is 5.70. The van der Waals surface area contributed by atoms with E-state index in [-0.39, 0.29) is 0 Å². The van der Waals surface area contributed by atoms with Gasteiger partial charge in [0.1, 0.15) is 0 Å². The lowest BCUT2D eigenvalue weighted by Crippen LogP contribution is -2.32. The molecule has 2 aliphatic rings. The van der Waals surface area contributed by atoms with Gasteiger partial charge in [-0.1, -0.05) is 12.1 Å². The van der Waals surface area contributed by atoms with Crippen molar-refractivity contribution in [3.8, 4) is 5.75 Å². The van der Waals surface area contributed by atoms with Crippen LogP contribution in [0.4, 0.5) is 0 Å². The minimum atomic E-state index is 0.352. The van der Waals surface area contributed by atoms with E-state index in [1.165, 1.54) is 11.1 Å². The van der Waals surface area contributed by atoms with Gasteiger partial charge in [0.05, 0.1) is 6.04 Å². The van der Waals surface area contributed by atoms with Crippen LogP contribution in [0.15, 0.2) is 18.2 Å². The minimum Gasteiger partial charge on any atom is -0.408 e. The molecule has 0 radical (unpaired) electrons. The Morgan fingerprint density at radius 1 is 1.42 bits per heavy atom. The lowest BCUT2D eigenvalue weighted by molar-refractivity contribution is 0.190. The fourth-order valence-corrected chi connectivity index (χ4v) is 1.92. The van der Waals surface area contributed by atoms with Crippen LogP contribution in [0.2, 0.25) is 0 Å². The third-order valence-electron chi connectivity index (χ3n) is 2.48. The van der Waals surface area contributed by atoms with Gasteiger partial charge in [-0.2, -0.15) is 0 Å². The average Bonchev–Trinajstić information content (AvgIpc) is 2.52. The van der Waals surface area contributed by atoms with Gasteiger partial charge in [-0.05, 0) is 11.6 Å². The second kappa shape index (κ2) is 2.21. The molecule has 1 aromatic rings. The van der Waals surface area contributed by atoms with E-state index in [1.54, 1.807) is 0 Å². The van der Waals surface area contributed by atoms with E-state index in [0.29, 0.717) is 6.04 Å². The summed E-state index contributed by atoms with van der Waals surface area (Å²) in [7, 11) is 0. The van der Waals surface area contributed by atoms with Crippen LogP contribution in [0.25, 0.3) is 0 Å². The zero-order valence-corrected chi connectivity index (χ0v) is 6.63. The summed E-state index contributed by atoms with van der Waals surface area (Å²) in [5, 5.41) is 3.33. The Morgan fingerprint density at radius 3 is 3.42 bits per heavy atom. The number of hydroxylamine groups is 1. The molecule has 2 N–H and O–H groups in total. The van der Waals surface area contributed by atoms with Crippen LogP contribution < -0.4 is 15.6 Å². The maximum absolute atomic E-state index is 5.33. The first-order chi connectivity index (χ1) is 5.95. The van der Waals surface area contributed by atoms with E-state index in [0.717, 1.165) is 18.8 Å². The van der Waals surface area contributed by atoms with Gasteiger partial charge < -0.3 is 10.2 Å². The van der Waals surface area contributed by atoms with Gasteiger partial charge in [0.15, 0.2) is 5.75 Å². The Kier molecular flexibility index (Phi) is 1.19. The Morgan fingerprint density at radius 2 is 2.42 bits per heavy atom. The van der Waals surface area contributed by atoms with Crippen molar-refractivity contribution in [2.45, 2.75) is 12.6 Å². The molecule has 0 saturated carbocycles. The molecule has 12 heavy (non-hydrogen) atoms. The van der Waals surface area contributed by atoms with Crippen LogP contribution >= 0.6 is 0 Å². The zero-order chi connectivity index (χ0) is 7.97. The summed E-state index contributed by atoms with van der Waals surface area (Å²) >= 11 is 0. The van der Waals surface area contributed by atoms with Gasteiger partial charge in [-0.15, -0.1) is 5.48 Å². The van der Waals surface area contributed by atoms with Crippen molar-refractivity contribution in [3.63, 3.8) is 0 Å². The summed E-state index contributed by atoms with van der Waals surface area (Å²) in [6, 6.07) is 6.54. The van der Waals surface area contributed by atoms with E-state index in [2.05, 4.69) is 16.9 Å². The van der Waals surface area contributed by atoms with Crippen molar-refractivity contribution in [2.24, 2.45) is 0 Å². The number of hydrogen-bond acceptors (Lipinski definition) is 3.